The summed E-state index contributed by atoms with van der Waals surface area (Å²) in [5.74, 6) is -0.0606. The monoisotopic (exact) mass is 301 g/mol. The zero-order valence-electron chi connectivity index (χ0n) is 13.0. The van der Waals surface area contributed by atoms with E-state index in [9.17, 15) is 9.18 Å². The van der Waals surface area contributed by atoms with Gasteiger partial charge in [-0.05, 0) is 55.7 Å². The van der Waals surface area contributed by atoms with E-state index in [0.29, 0.717) is 12.2 Å². The number of rotatable bonds is 5. The molecule has 2 aromatic carbocycles. The summed E-state index contributed by atoms with van der Waals surface area (Å²) < 4.78 is 18.6. The van der Waals surface area contributed by atoms with Gasteiger partial charge in [-0.15, -0.1) is 0 Å². The molecule has 0 saturated heterocycles. The molecule has 0 radical (unpaired) electrons. The van der Waals surface area contributed by atoms with Crippen LogP contribution in [0.15, 0.2) is 42.5 Å². The second kappa shape index (κ2) is 7.07. The van der Waals surface area contributed by atoms with Gasteiger partial charge < -0.3 is 10.1 Å². The molecule has 1 atom stereocenters. The first-order valence-corrected chi connectivity index (χ1v) is 7.30. The number of anilines is 1. The molecule has 0 aromatic heterocycles. The van der Waals surface area contributed by atoms with Crippen molar-refractivity contribution in [2.45, 2.75) is 33.3 Å². The maximum atomic E-state index is 12.9. The third-order valence-electron chi connectivity index (χ3n) is 3.48. The van der Waals surface area contributed by atoms with Crippen LogP contribution in [-0.4, -0.2) is 12.0 Å². The number of aryl methyl sites for hydroxylation is 2. The average Bonchev–Trinajstić information content (AvgIpc) is 2.50. The normalized spacial score (nSPS) is 11.8. The van der Waals surface area contributed by atoms with Crippen LogP contribution in [0.3, 0.4) is 0 Å². The van der Waals surface area contributed by atoms with Gasteiger partial charge in [0.15, 0.2) is 6.10 Å². The van der Waals surface area contributed by atoms with E-state index in [0.717, 1.165) is 16.8 Å². The Morgan fingerprint density at radius 2 is 1.73 bits per heavy atom. The lowest BCUT2D eigenvalue weighted by Gasteiger charge is -2.19. The highest BCUT2D eigenvalue weighted by Crippen LogP contribution is 2.21. The molecular formula is C18H20FNO2. The number of ether oxygens (including phenoxy) is 1. The van der Waals surface area contributed by atoms with Crippen LogP contribution in [-0.2, 0) is 4.79 Å². The summed E-state index contributed by atoms with van der Waals surface area (Å²) in [7, 11) is 0. The molecule has 0 heterocycles. The lowest BCUT2D eigenvalue weighted by molar-refractivity contribution is -0.122. The number of benzene rings is 2. The maximum Gasteiger partial charge on any atom is 0.265 e. The van der Waals surface area contributed by atoms with Crippen LogP contribution in [0.4, 0.5) is 10.1 Å². The van der Waals surface area contributed by atoms with Gasteiger partial charge in [-0.3, -0.25) is 4.79 Å². The van der Waals surface area contributed by atoms with E-state index in [1.807, 2.05) is 39.0 Å². The minimum absolute atomic E-state index is 0.204. The van der Waals surface area contributed by atoms with Crippen LogP contribution in [0.1, 0.15) is 24.5 Å². The Balaban J connectivity index is 2.10. The molecule has 1 amide bonds. The van der Waals surface area contributed by atoms with E-state index in [4.69, 9.17) is 4.74 Å². The fourth-order valence-electron chi connectivity index (χ4n) is 2.21. The number of para-hydroxylation sites is 1. The van der Waals surface area contributed by atoms with Crippen molar-refractivity contribution in [2.24, 2.45) is 0 Å². The molecule has 1 unspecified atom stereocenters. The highest BCUT2D eigenvalue weighted by molar-refractivity contribution is 5.95. The van der Waals surface area contributed by atoms with Crippen molar-refractivity contribution in [2.75, 3.05) is 5.32 Å². The SMILES string of the molecule is CCC(Oc1ccc(F)cc1)C(=O)Nc1c(C)cccc1C. The number of hydrogen-bond donors (Lipinski definition) is 1. The second-order valence-corrected chi connectivity index (χ2v) is 5.22. The van der Waals surface area contributed by atoms with Crippen molar-refractivity contribution in [1.29, 1.82) is 0 Å². The van der Waals surface area contributed by atoms with E-state index in [2.05, 4.69) is 5.32 Å². The molecule has 3 nitrogen and oxygen atoms in total. The van der Waals surface area contributed by atoms with E-state index in [-0.39, 0.29) is 11.7 Å². The molecule has 0 spiro atoms. The quantitative estimate of drug-likeness (QED) is 0.897. The summed E-state index contributed by atoms with van der Waals surface area (Å²) in [5, 5.41) is 2.92. The van der Waals surface area contributed by atoms with E-state index < -0.39 is 6.10 Å². The smallest absolute Gasteiger partial charge is 0.265 e. The number of carbonyl (C=O) groups is 1. The van der Waals surface area contributed by atoms with Gasteiger partial charge in [0.2, 0.25) is 0 Å². The Hall–Kier alpha value is -2.36. The van der Waals surface area contributed by atoms with E-state index in [1.54, 1.807) is 0 Å². The van der Waals surface area contributed by atoms with Gasteiger partial charge in [0.1, 0.15) is 11.6 Å². The van der Waals surface area contributed by atoms with Crippen molar-refractivity contribution >= 4 is 11.6 Å². The highest BCUT2D eigenvalue weighted by atomic mass is 19.1. The largest absolute Gasteiger partial charge is 0.481 e. The Kier molecular flexibility index (Phi) is 5.15. The topological polar surface area (TPSA) is 38.3 Å². The van der Waals surface area contributed by atoms with Gasteiger partial charge in [0, 0.05) is 5.69 Å². The summed E-state index contributed by atoms with van der Waals surface area (Å²) in [6.07, 6.45) is -0.0989. The van der Waals surface area contributed by atoms with Crippen LogP contribution < -0.4 is 10.1 Å². The van der Waals surface area contributed by atoms with Crippen LogP contribution in [0, 0.1) is 19.7 Å². The summed E-state index contributed by atoms with van der Waals surface area (Å²) in [6, 6.07) is 11.5. The fraction of sp³-hybridized carbons (Fsp3) is 0.278. The van der Waals surface area contributed by atoms with E-state index >= 15 is 0 Å². The Morgan fingerprint density at radius 3 is 2.27 bits per heavy atom. The van der Waals surface area contributed by atoms with Gasteiger partial charge >= 0.3 is 0 Å². The summed E-state index contributed by atoms with van der Waals surface area (Å²) in [5.41, 5.74) is 2.82. The lowest BCUT2D eigenvalue weighted by Crippen LogP contribution is -2.32. The Bertz CT molecular complexity index is 632. The first-order valence-electron chi connectivity index (χ1n) is 7.30. The van der Waals surface area contributed by atoms with Crippen molar-refractivity contribution in [3.8, 4) is 5.75 Å². The first kappa shape index (κ1) is 16.0. The van der Waals surface area contributed by atoms with Crippen LogP contribution in [0.25, 0.3) is 0 Å². The number of hydrogen-bond acceptors (Lipinski definition) is 2. The van der Waals surface area contributed by atoms with Crippen molar-refractivity contribution in [3.05, 3.63) is 59.4 Å². The Labute approximate surface area is 130 Å². The van der Waals surface area contributed by atoms with Gasteiger partial charge in [0.25, 0.3) is 5.91 Å². The minimum atomic E-state index is -0.621. The molecule has 0 aliphatic carbocycles. The third-order valence-corrected chi connectivity index (χ3v) is 3.48. The average molecular weight is 301 g/mol. The molecule has 22 heavy (non-hydrogen) atoms. The molecule has 2 aromatic rings. The molecule has 2 rings (SSSR count). The maximum absolute atomic E-state index is 12.9. The van der Waals surface area contributed by atoms with Gasteiger partial charge in [-0.25, -0.2) is 4.39 Å². The van der Waals surface area contributed by atoms with Gasteiger partial charge in [-0.2, -0.15) is 0 Å². The standard InChI is InChI=1S/C18H20FNO2/c1-4-16(22-15-10-8-14(19)9-11-15)18(21)20-17-12(2)6-5-7-13(17)3/h5-11,16H,4H2,1-3H3,(H,20,21). The molecular weight excluding hydrogens is 281 g/mol. The van der Waals surface area contributed by atoms with Crippen LogP contribution in [0.2, 0.25) is 0 Å². The van der Waals surface area contributed by atoms with Crippen LogP contribution >= 0.6 is 0 Å². The van der Waals surface area contributed by atoms with Crippen molar-refractivity contribution in [3.63, 3.8) is 0 Å². The van der Waals surface area contributed by atoms with Crippen molar-refractivity contribution in [1.82, 2.24) is 0 Å². The fourth-order valence-corrected chi connectivity index (χ4v) is 2.21. The predicted octanol–water partition coefficient (Wildman–Crippen LogP) is 4.24. The van der Waals surface area contributed by atoms with Crippen LogP contribution in [0.5, 0.6) is 5.75 Å². The minimum Gasteiger partial charge on any atom is -0.481 e. The summed E-state index contributed by atoms with van der Waals surface area (Å²) in [6.45, 7) is 5.77. The molecule has 4 heteroatoms. The summed E-state index contributed by atoms with van der Waals surface area (Å²) >= 11 is 0. The number of amides is 1. The number of carbonyl (C=O) groups excluding carboxylic acids is 1. The zero-order valence-corrected chi connectivity index (χ0v) is 13.0. The molecule has 0 bridgehead atoms. The third kappa shape index (κ3) is 3.85. The van der Waals surface area contributed by atoms with Gasteiger partial charge in [0.05, 0.1) is 0 Å². The molecule has 0 fully saturated rings. The highest BCUT2D eigenvalue weighted by Gasteiger charge is 2.19. The lowest BCUT2D eigenvalue weighted by atomic mass is 10.1. The predicted molar refractivity (Wildman–Crippen MR) is 85.7 cm³/mol. The molecule has 116 valence electrons. The van der Waals surface area contributed by atoms with E-state index in [1.165, 1.54) is 24.3 Å². The molecule has 0 saturated carbocycles. The molecule has 0 aliphatic rings. The second-order valence-electron chi connectivity index (χ2n) is 5.22. The molecule has 1 N–H and O–H groups in total. The first-order chi connectivity index (χ1) is 10.5. The number of nitrogens with one attached hydrogen (secondary N) is 1. The van der Waals surface area contributed by atoms with Gasteiger partial charge in [-0.1, -0.05) is 25.1 Å². The Morgan fingerprint density at radius 1 is 1.14 bits per heavy atom. The van der Waals surface area contributed by atoms with Crippen molar-refractivity contribution < 1.29 is 13.9 Å². The molecule has 0 aliphatic heterocycles. The number of halogens is 1. The zero-order chi connectivity index (χ0) is 16.1. The summed E-state index contributed by atoms with van der Waals surface area (Å²) in [4.78, 5) is 12.4.